The van der Waals surface area contributed by atoms with Crippen molar-refractivity contribution in [3.8, 4) is 5.75 Å². The zero-order chi connectivity index (χ0) is 31.1. The summed E-state index contributed by atoms with van der Waals surface area (Å²) >= 11 is 0. The van der Waals surface area contributed by atoms with Gasteiger partial charge in [-0.15, -0.1) is 0 Å². The monoisotopic (exact) mass is 634 g/mol. The van der Waals surface area contributed by atoms with Gasteiger partial charge in [-0.3, -0.25) is 9.47 Å². The Balaban J connectivity index is 1.04. The number of anilines is 4. The van der Waals surface area contributed by atoms with Crippen LogP contribution in [-0.2, 0) is 14.2 Å². The maximum absolute atomic E-state index is 6.12. The van der Waals surface area contributed by atoms with Crippen LogP contribution in [0.5, 0.6) is 5.75 Å². The summed E-state index contributed by atoms with van der Waals surface area (Å²) in [4.78, 5) is 19.5. The van der Waals surface area contributed by atoms with E-state index in [0.717, 1.165) is 126 Å². The Kier molecular flexibility index (Phi) is 10.3. The Morgan fingerprint density at radius 1 is 0.913 bits per heavy atom. The first-order valence-electron chi connectivity index (χ1n) is 17.4. The summed E-state index contributed by atoms with van der Waals surface area (Å²) in [6.07, 6.45) is 13.3. The first-order valence-corrected chi connectivity index (χ1v) is 17.4. The van der Waals surface area contributed by atoms with Gasteiger partial charge in [0.25, 0.3) is 0 Å². The van der Waals surface area contributed by atoms with Crippen molar-refractivity contribution >= 4 is 34.3 Å². The van der Waals surface area contributed by atoms with Crippen molar-refractivity contribution in [1.82, 2.24) is 24.4 Å². The zero-order valence-corrected chi connectivity index (χ0v) is 27.3. The Morgan fingerprint density at radius 2 is 1.74 bits per heavy atom. The van der Waals surface area contributed by atoms with Gasteiger partial charge < -0.3 is 34.5 Å². The van der Waals surface area contributed by atoms with Gasteiger partial charge in [-0.1, -0.05) is 19.3 Å². The SMILES string of the molecule is COc1cc(N2CCC(COCN3CCOCC3)CC2)ccc1Nc1nc(NC2CCCCC2)c2ncn(C3CCCCO3)c2n1. The number of ether oxygens (including phenoxy) is 4. The minimum atomic E-state index is -0.0571. The lowest BCUT2D eigenvalue weighted by Gasteiger charge is -2.34. The second-order valence-corrected chi connectivity index (χ2v) is 13.2. The first-order chi connectivity index (χ1) is 22.7. The third-order valence-corrected chi connectivity index (χ3v) is 9.98. The van der Waals surface area contributed by atoms with E-state index in [4.69, 9.17) is 33.9 Å². The van der Waals surface area contributed by atoms with Crippen molar-refractivity contribution in [1.29, 1.82) is 0 Å². The third-order valence-electron chi connectivity index (χ3n) is 9.98. The molecular formula is C34H50N8O4. The van der Waals surface area contributed by atoms with E-state index in [1.807, 2.05) is 6.33 Å². The lowest BCUT2D eigenvalue weighted by atomic mass is 9.95. The summed E-state index contributed by atoms with van der Waals surface area (Å²) in [5.74, 6) is 2.66. The minimum Gasteiger partial charge on any atom is -0.494 e. The van der Waals surface area contributed by atoms with E-state index in [9.17, 15) is 0 Å². The van der Waals surface area contributed by atoms with Gasteiger partial charge in [0, 0.05) is 50.6 Å². The molecule has 1 aromatic carbocycles. The summed E-state index contributed by atoms with van der Waals surface area (Å²) in [7, 11) is 1.72. The summed E-state index contributed by atoms with van der Waals surface area (Å²) in [6.45, 7) is 7.85. The fourth-order valence-electron chi connectivity index (χ4n) is 7.20. The number of hydrogen-bond acceptors (Lipinski definition) is 11. The van der Waals surface area contributed by atoms with Gasteiger partial charge in [-0.2, -0.15) is 9.97 Å². The molecule has 3 saturated heterocycles. The molecule has 7 rings (SSSR count). The van der Waals surface area contributed by atoms with Crippen LogP contribution in [0.1, 0.15) is 70.4 Å². The number of benzene rings is 1. The molecule has 46 heavy (non-hydrogen) atoms. The Hall–Kier alpha value is -3.19. The molecule has 1 aliphatic carbocycles. The molecule has 1 saturated carbocycles. The van der Waals surface area contributed by atoms with Crippen LogP contribution in [0.15, 0.2) is 24.5 Å². The van der Waals surface area contributed by atoms with Crippen LogP contribution in [-0.4, -0.2) is 96.9 Å². The van der Waals surface area contributed by atoms with Crippen LogP contribution in [0.2, 0.25) is 0 Å². The Labute approximate surface area is 272 Å². The van der Waals surface area contributed by atoms with Crippen LogP contribution in [0.4, 0.5) is 23.1 Å². The molecule has 5 heterocycles. The molecule has 250 valence electrons. The van der Waals surface area contributed by atoms with Crippen LogP contribution in [0.25, 0.3) is 11.2 Å². The van der Waals surface area contributed by atoms with E-state index in [0.29, 0.717) is 24.6 Å². The predicted molar refractivity (Wildman–Crippen MR) is 179 cm³/mol. The molecular weight excluding hydrogens is 584 g/mol. The number of imidazole rings is 1. The number of hydrogen-bond donors (Lipinski definition) is 2. The number of piperidine rings is 1. The normalized spacial score (nSPS) is 22.3. The van der Waals surface area contributed by atoms with Crippen molar-refractivity contribution < 1.29 is 18.9 Å². The highest BCUT2D eigenvalue weighted by Gasteiger charge is 2.25. The van der Waals surface area contributed by atoms with Gasteiger partial charge in [0.1, 0.15) is 12.0 Å². The van der Waals surface area contributed by atoms with Crippen LogP contribution >= 0.6 is 0 Å². The lowest BCUT2D eigenvalue weighted by molar-refractivity contribution is -0.0422. The molecule has 0 bridgehead atoms. The molecule has 1 unspecified atom stereocenters. The Bertz CT molecular complexity index is 1410. The van der Waals surface area contributed by atoms with Crippen molar-refractivity contribution in [2.24, 2.45) is 5.92 Å². The average molecular weight is 635 g/mol. The van der Waals surface area contributed by atoms with Crippen LogP contribution in [0, 0.1) is 5.92 Å². The summed E-state index contributed by atoms with van der Waals surface area (Å²) < 4.78 is 25.6. The van der Waals surface area contributed by atoms with Gasteiger partial charge >= 0.3 is 0 Å². The molecule has 2 aromatic heterocycles. The lowest BCUT2D eigenvalue weighted by Crippen LogP contribution is -2.39. The molecule has 3 aliphatic heterocycles. The number of methoxy groups -OCH3 is 1. The molecule has 1 atom stereocenters. The molecule has 2 N–H and O–H groups in total. The highest BCUT2D eigenvalue weighted by atomic mass is 16.5. The standard InChI is InChI=1S/C34H50N8O4/c1-43-29-21-27(41-14-12-25(13-15-41)22-45-24-40-16-19-44-20-17-40)10-11-28(29)37-34-38-32(36-26-7-3-2-4-8-26)31-33(39-34)42(23-35-31)30-9-5-6-18-46-30/h10-11,21,23,25-26,30H,2-9,12-20,22,24H2,1H3,(H2,36,37,38,39). The van der Waals surface area contributed by atoms with Gasteiger partial charge in [-0.05, 0) is 63.0 Å². The van der Waals surface area contributed by atoms with E-state index in [-0.39, 0.29) is 6.23 Å². The number of rotatable bonds is 11. The minimum absolute atomic E-state index is 0.0571. The second-order valence-electron chi connectivity index (χ2n) is 13.2. The average Bonchev–Trinajstić information content (AvgIpc) is 3.54. The van der Waals surface area contributed by atoms with E-state index in [1.165, 1.54) is 24.9 Å². The molecule has 12 heteroatoms. The van der Waals surface area contributed by atoms with Crippen molar-refractivity contribution in [3.63, 3.8) is 0 Å². The second kappa shape index (κ2) is 15.1. The molecule has 0 amide bonds. The number of nitrogens with zero attached hydrogens (tertiary/aromatic N) is 6. The fourth-order valence-corrected chi connectivity index (χ4v) is 7.20. The highest BCUT2D eigenvalue weighted by molar-refractivity contribution is 5.85. The first kappa shape index (κ1) is 31.4. The highest BCUT2D eigenvalue weighted by Crippen LogP contribution is 2.35. The van der Waals surface area contributed by atoms with Crippen LogP contribution in [0.3, 0.4) is 0 Å². The molecule has 12 nitrogen and oxygen atoms in total. The largest absolute Gasteiger partial charge is 0.494 e. The molecule has 3 aromatic rings. The van der Waals surface area contributed by atoms with Gasteiger partial charge in [0.2, 0.25) is 5.95 Å². The molecule has 4 fully saturated rings. The number of aromatic nitrogens is 4. The topological polar surface area (TPSA) is 111 Å². The number of nitrogens with one attached hydrogen (secondary N) is 2. The van der Waals surface area contributed by atoms with E-state index >= 15 is 0 Å². The van der Waals surface area contributed by atoms with Gasteiger partial charge in [0.15, 0.2) is 17.0 Å². The summed E-state index contributed by atoms with van der Waals surface area (Å²) in [6, 6.07) is 6.76. The molecule has 0 spiro atoms. The summed E-state index contributed by atoms with van der Waals surface area (Å²) in [5, 5.41) is 7.20. The van der Waals surface area contributed by atoms with Crippen molar-refractivity contribution in [3.05, 3.63) is 24.5 Å². The zero-order valence-electron chi connectivity index (χ0n) is 27.3. The molecule has 4 aliphatic rings. The van der Waals surface area contributed by atoms with E-state index < -0.39 is 0 Å². The Morgan fingerprint density at radius 3 is 2.52 bits per heavy atom. The smallest absolute Gasteiger partial charge is 0.231 e. The molecule has 0 radical (unpaired) electrons. The van der Waals surface area contributed by atoms with Gasteiger partial charge in [0.05, 0.1) is 45.7 Å². The predicted octanol–water partition coefficient (Wildman–Crippen LogP) is 5.54. The quantitative estimate of drug-likeness (QED) is 0.277. The number of morpholine rings is 1. The number of fused-ring (bicyclic) bond motifs is 1. The van der Waals surface area contributed by atoms with Crippen molar-refractivity contribution in [2.45, 2.75) is 76.5 Å². The maximum Gasteiger partial charge on any atom is 0.231 e. The third kappa shape index (κ3) is 7.51. The summed E-state index contributed by atoms with van der Waals surface area (Å²) in [5.41, 5.74) is 3.58. The van der Waals surface area contributed by atoms with Gasteiger partial charge in [-0.25, -0.2) is 4.98 Å². The van der Waals surface area contributed by atoms with Crippen LogP contribution < -0.4 is 20.3 Å². The van der Waals surface area contributed by atoms with E-state index in [1.54, 1.807) is 7.11 Å². The fraction of sp³-hybridized carbons (Fsp3) is 0.676. The maximum atomic E-state index is 6.12. The van der Waals surface area contributed by atoms with Crippen molar-refractivity contribution in [2.75, 3.05) is 82.0 Å². The van der Waals surface area contributed by atoms with E-state index in [2.05, 4.69) is 43.2 Å².